The van der Waals surface area contributed by atoms with Gasteiger partial charge in [-0.05, 0) is 48.7 Å². The van der Waals surface area contributed by atoms with Crippen molar-refractivity contribution in [2.75, 3.05) is 0 Å². The Bertz CT molecular complexity index is 2010. The molecule has 8 heteroatoms. The number of hydrogen-bond acceptors (Lipinski definition) is 5. The fourth-order valence-electron chi connectivity index (χ4n) is 5.38. The van der Waals surface area contributed by atoms with E-state index in [4.69, 9.17) is 4.74 Å². The van der Waals surface area contributed by atoms with Crippen LogP contribution in [0.2, 0.25) is 0 Å². The smallest absolute Gasteiger partial charge is 0.232 e. The lowest BCUT2D eigenvalue weighted by atomic mass is 9.97. The molecule has 3 aromatic heterocycles. The highest BCUT2D eigenvalue weighted by Gasteiger charge is 2.22. The summed E-state index contributed by atoms with van der Waals surface area (Å²) >= 11 is 0. The van der Waals surface area contributed by atoms with E-state index in [2.05, 4.69) is 15.0 Å². The van der Waals surface area contributed by atoms with Gasteiger partial charge in [0.2, 0.25) is 5.88 Å². The standard InChI is InChI=1S/C33H27FN4O3/c1-4-25-30(31(40)22-14-19(2)10-12-26(22)38(25)3)27(39)16-20-11-13-28(24(34)15-20)41-33-29-23(21-8-6-5-7-9-21)17-35-32(29)36-18-37-33/h5-15,17-18H,4,16H2,1-3H3,(H,35,36,37). The van der Waals surface area contributed by atoms with Crippen LogP contribution in [0, 0.1) is 12.7 Å². The number of hydrogen-bond donors (Lipinski definition) is 1. The maximum atomic E-state index is 15.3. The largest absolute Gasteiger partial charge is 0.435 e. The number of fused-ring (bicyclic) bond motifs is 2. The van der Waals surface area contributed by atoms with Crippen LogP contribution < -0.4 is 10.2 Å². The lowest BCUT2D eigenvalue weighted by molar-refractivity contribution is 0.0990. The number of ether oxygens (including phenoxy) is 1. The number of aromatic nitrogens is 4. The van der Waals surface area contributed by atoms with Crippen LogP contribution in [0.5, 0.6) is 11.6 Å². The third-order valence-electron chi connectivity index (χ3n) is 7.38. The zero-order valence-electron chi connectivity index (χ0n) is 22.9. The van der Waals surface area contributed by atoms with Gasteiger partial charge in [0.25, 0.3) is 0 Å². The second-order valence-corrected chi connectivity index (χ2v) is 10.0. The van der Waals surface area contributed by atoms with Crippen molar-refractivity contribution in [2.24, 2.45) is 7.05 Å². The SMILES string of the molecule is CCc1c(C(=O)Cc2ccc(Oc3ncnc4[nH]cc(-c5ccccc5)c34)c(F)c2)c(=O)c2cc(C)ccc2n1C. The van der Waals surface area contributed by atoms with E-state index in [1.54, 1.807) is 12.1 Å². The van der Waals surface area contributed by atoms with Crippen LogP contribution in [-0.2, 0) is 19.9 Å². The van der Waals surface area contributed by atoms with Gasteiger partial charge in [-0.1, -0.05) is 55.0 Å². The molecule has 6 rings (SSSR count). The molecule has 0 aliphatic heterocycles. The van der Waals surface area contributed by atoms with Crippen molar-refractivity contribution in [3.05, 3.63) is 118 Å². The second-order valence-electron chi connectivity index (χ2n) is 10.0. The molecule has 0 radical (unpaired) electrons. The molecule has 0 aliphatic carbocycles. The number of carbonyl (C=O) groups is 1. The predicted octanol–water partition coefficient (Wildman–Crippen LogP) is 6.70. The molecule has 7 nitrogen and oxygen atoms in total. The predicted molar refractivity (Wildman–Crippen MR) is 157 cm³/mol. The number of nitrogens with zero attached hydrogens (tertiary/aromatic N) is 3. The lowest BCUT2D eigenvalue weighted by Crippen LogP contribution is -2.24. The Hall–Kier alpha value is -5.11. The summed E-state index contributed by atoms with van der Waals surface area (Å²) in [6.07, 6.45) is 3.56. The van der Waals surface area contributed by atoms with Crippen LogP contribution >= 0.6 is 0 Å². The van der Waals surface area contributed by atoms with Crippen molar-refractivity contribution >= 4 is 27.7 Å². The first-order valence-corrected chi connectivity index (χ1v) is 13.3. The number of halogens is 1. The molecule has 204 valence electrons. The third-order valence-corrected chi connectivity index (χ3v) is 7.38. The van der Waals surface area contributed by atoms with Crippen LogP contribution in [0.1, 0.15) is 34.1 Å². The number of carbonyl (C=O) groups excluding carboxylic acids is 1. The van der Waals surface area contributed by atoms with E-state index < -0.39 is 5.82 Å². The van der Waals surface area contributed by atoms with E-state index in [0.29, 0.717) is 34.1 Å². The normalized spacial score (nSPS) is 11.3. The maximum absolute atomic E-state index is 15.3. The number of H-pyrrole nitrogens is 1. The van der Waals surface area contributed by atoms with Gasteiger partial charge in [-0.25, -0.2) is 14.4 Å². The zero-order chi connectivity index (χ0) is 28.7. The van der Waals surface area contributed by atoms with Gasteiger partial charge < -0.3 is 14.3 Å². The molecule has 41 heavy (non-hydrogen) atoms. The molecule has 0 bridgehead atoms. The molecular formula is C33H27FN4O3. The summed E-state index contributed by atoms with van der Waals surface area (Å²) in [6.45, 7) is 3.82. The summed E-state index contributed by atoms with van der Waals surface area (Å²) in [5.41, 5.74) is 5.00. The number of rotatable bonds is 7. The molecule has 0 atom stereocenters. The summed E-state index contributed by atoms with van der Waals surface area (Å²) in [4.78, 5) is 38.6. The minimum atomic E-state index is -0.642. The van der Waals surface area contributed by atoms with E-state index in [-0.39, 0.29) is 34.8 Å². The Labute approximate surface area is 235 Å². The third kappa shape index (κ3) is 4.67. The number of nitrogens with one attached hydrogen (secondary N) is 1. The van der Waals surface area contributed by atoms with Crippen molar-refractivity contribution in [1.29, 1.82) is 0 Å². The summed E-state index contributed by atoms with van der Waals surface area (Å²) in [5, 5.41) is 1.13. The highest BCUT2D eigenvalue weighted by atomic mass is 19.1. The lowest BCUT2D eigenvalue weighted by Gasteiger charge is -2.16. The Morgan fingerprint density at radius 3 is 2.61 bits per heavy atom. The Morgan fingerprint density at radius 1 is 1.05 bits per heavy atom. The van der Waals surface area contributed by atoms with Gasteiger partial charge in [0.15, 0.2) is 22.8 Å². The number of pyridine rings is 1. The summed E-state index contributed by atoms with van der Waals surface area (Å²) in [6, 6.07) is 19.7. The number of Topliss-reactive ketones (excluding diaryl/α,β-unsaturated/α-hetero) is 1. The van der Waals surface area contributed by atoms with Crippen LogP contribution in [0.15, 0.2) is 84.0 Å². The van der Waals surface area contributed by atoms with Gasteiger partial charge >= 0.3 is 0 Å². The highest BCUT2D eigenvalue weighted by molar-refractivity contribution is 6.01. The van der Waals surface area contributed by atoms with Crippen LogP contribution in [0.3, 0.4) is 0 Å². The molecule has 0 unspecified atom stereocenters. The molecule has 1 N–H and O–H groups in total. The molecule has 0 fully saturated rings. The van der Waals surface area contributed by atoms with E-state index in [1.807, 2.05) is 74.1 Å². The minimum Gasteiger partial charge on any atom is -0.435 e. The first kappa shape index (κ1) is 26.1. The van der Waals surface area contributed by atoms with Gasteiger partial charge in [-0.15, -0.1) is 0 Å². The number of aromatic amines is 1. The number of benzene rings is 3. The Morgan fingerprint density at radius 2 is 1.85 bits per heavy atom. The monoisotopic (exact) mass is 546 g/mol. The van der Waals surface area contributed by atoms with E-state index in [1.165, 1.54) is 18.5 Å². The van der Waals surface area contributed by atoms with Crippen molar-refractivity contribution in [1.82, 2.24) is 19.5 Å². The van der Waals surface area contributed by atoms with E-state index in [0.717, 1.165) is 22.2 Å². The average Bonchev–Trinajstić information content (AvgIpc) is 3.42. The second kappa shape index (κ2) is 10.5. The minimum absolute atomic E-state index is 0.0345. The summed E-state index contributed by atoms with van der Waals surface area (Å²) < 4.78 is 23.2. The van der Waals surface area contributed by atoms with Crippen molar-refractivity contribution in [3.63, 3.8) is 0 Å². The maximum Gasteiger partial charge on any atom is 0.232 e. The molecule has 0 saturated carbocycles. The topological polar surface area (TPSA) is 89.9 Å². The molecular weight excluding hydrogens is 519 g/mol. The quantitative estimate of drug-likeness (QED) is 0.225. The van der Waals surface area contributed by atoms with Crippen LogP contribution in [0.4, 0.5) is 4.39 Å². The van der Waals surface area contributed by atoms with Gasteiger partial charge in [-0.2, -0.15) is 0 Å². The number of aryl methyl sites for hydroxylation is 2. The zero-order valence-corrected chi connectivity index (χ0v) is 22.9. The van der Waals surface area contributed by atoms with Gasteiger partial charge in [0, 0.05) is 36.3 Å². The molecule has 0 spiro atoms. The summed E-state index contributed by atoms with van der Waals surface area (Å²) in [5.74, 6) is -0.819. The fraction of sp³-hybridized carbons (Fsp3) is 0.152. The molecule has 0 amide bonds. The van der Waals surface area contributed by atoms with Gasteiger partial charge in [0.05, 0.1) is 16.5 Å². The molecule has 3 heterocycles. The average molecular weight is 547 g/mol. The molecule has 6 aromatic rings. The van der Waals surface area contributed by atoms with Crippen molar-refractivity contribution in [3.8, 4) is 22.8 Å². The number of ketones is 1. The molecule has 3 aromatic carbocycles. The van der Waals surface area contributed by atoms with Gasteiger partial charge in [-0.3, -0.25) is 9.59 Å². The fourth-order valence-corrected chi connectivity index (χ4v) is 5.38. The van der Waals surface area contributed by atoms with E-state index in [9.17, 15) is 9.59 Å². The molecule has 0 aliphatic rings. The van der Waals surface area contributed by atoms with Crippen molar-refractivity contribution < 1.29 is 13.9 Å². The Kier molecular flexibility index (Phi) is 6.67. The Balaban J connectivity index is 1.32. The highest BCUT2D eigenvalue weighted by Crippen LogP contribution is 2.36. The first-order valence-electron chi connectivity index (χ1n) is 13.3. The van der Waals surface area contributed by atoms with Crippen LogP contribution in [0.25, 0.3) is 33.1 Å². The van der Waals surface area contributed by atoms with Gasteiger partial charge in [0.1, 0.15) is 12.0 Å². The molecule has 0 saturated heterocycles. The van der Waals surface area contributed by atoms with Crippen LogP contribution in [-0.4, -0.2) is 25.3 Å². The van der Waals surface area contributed by atoms with E-state index >= 15 is 4.39 Å². The summed E-state index contributed by atoms with van der Waals surface area (Å²) in [7, 11) is 1.86. The van der Waals surface area contributed by atoms with Crippen molar-refractivity contribution in [2.45, 2.75) is 26.7 Å². The first-order chi connectivity index (χ1) is 19.9.